The van der Waals surface area contributed by atoms with E-state index in [1.54, 1.807) is 0 Å². The van der Waals surface area contributed by atoms with Gasteiger partial charge in [-0.1, -0.05) is 147 Å². The van der Waals surface area contributed by atoms with E-state index < -0.39 is 0 Å². The van der Waals surface area contributed by atoms with Crippen molar-refractivity contribution in [1.82, 2.24) is 28.2 Å². The summed E-state index contributed by atoms with van der Waals surface area (Å²) in [6.07, 6.45) is 8.15. The van der Waals surface area contributed by atoms with Gasteiger partial charge in [0, 0.05) is 41.5 Å². The minimum atomic E-state index is 0.175. The van der Waals surface area contributed by atoms with E-state index in [2.05, 4.69) is 200 Å². The number of hydrogen-bond acceptors (Lipinski definition) is 3. The van der Waals surface area contributed by atoms with Crippen molar-refractivity contribution in [3.8, 4) is 33.8 Å². The third kappa shape index (κ3) is 9.70. The lowest BCUT2D eigenvalue weighted by Crippen LogP contribution is -2.10. The number of fused-ring (bicyclic) bond motifs is 3. The zero-order valence-corrected chi connectivity index (χ0v) is 40.4. The molecule has 60 heavy (non-hydrogen) atoms. The Bertz CT molecular complexity index is 2740. The molecule has 0 atom stereocenters. The lowest BCUT2D eigenvalue weighted by Gasteiger charge is -2.18. The van der Waals surface area contributed by atoms with Crippen molar-refractivity contribution >= 4 is 64.7 Å². The Kier molecular flexibility index (Phi) is 12.5. The number of imidazole rings is 3. The first-order valence-electron chi connectivity index (χ1n) is 20.1. The zero-order valence-electron chi connectivity index (χ0n) is 35.7. The summed E-state index contributed by atoms with van der Waals surface area (Å²) in [6, 6.07) is 42.1. The molecule has 0 radical (unpaired) electrons. The molecule has 0 bridgehead atoms. The van der Waals surface area contributed by atoms with Gasteiger partial charge in [0.05, 0.1) is 20.5 Å². The molecule has 0 fully saturated rings. The monoisotopic (exact) mass is 984 g/mol. The van der Waals surface area contributed by atoms with Crippen LogP contribution in [0, 0.1) is 0 Å². The van der Waals surface area contributed by atoms with Gasteiger partial charge in [-0.25, -0.2) is 15.0 Å². The van der Waals surface area contributed by atoms with Gasteiger partial charge in [0.1, 0.15) is 21.6 Å². The van der Waals surface area contributed by atoms with E-state index in [9.17, 15) is 0 Å². The molecular formula is C51H51Br3N6. The molecule has 0 unspecified atom stereocenters. The second kappa shape index (κ2) is 17.3. The minimum absolute atomic E-state index is 0.175. The lowest BCUT2D eigenvalue weighted by atomic mass is 9.86. The average molecular weight is 988 g/mol. The van der Waals surface area contributed by atoms with Crippen molar-refractivity contribution < 1.29 is 0 Å². The number of halogens is 3. The van der Waals surface area contributed by atoms with Gasteiger partial charge in [-0.05, 0) is 117 Å². The van der Waals surface area contributed by atoms with E-state index in [4.69, 9.17) is 9.97 Å². The maximum Gasteiger partial charge on any atom is 0.151 e. The summed E-state index contributed by atoms with van der Waals surface area (Å²) >= 11 is 10.7. The normalized spacial score (nSPS) is 12.0. The van der Waals surface area contributed by atoms with Crippen LogP contribution in [0.5, 0.6) is 0 Å². The van der Waals surface area contributed by atoms with Gasteiger partial charge in [-0.15, -0.1) is 0 Å². The summed E-state index contributed by atoms with van der Waals surface area (Å²) < 4.78 is 9.16. The highest BCUT2D eigenvalue weighted by atomic mass is 79.9. The van der Waals surface area contributed by atoms with Crippen LogP contribution in [0.4, 0.5) is 0 Å². The summed E-state index contributed by atoms with van der Waals surface area (Å²) in [5.74, 6) is 0. The maximum atomic E-state index is 4.69. The number of benzene rings is 3. The number of hydrogen-bond donors (Lipinski definition) is 0. The van der Waals surface area contributed by atoms with Gasteiger partial charge in [0.25, 0.3) is 0 Å². The van der Waals surface area contributed by atoms with Crippen molar-refractivity contribution in [3.05, 3.63) is 176 Å². The molecule has 0 amide bonds. The largest absolute Gasteiger partial charge is 0.306 e. The maximum absolute atomic E-state index is 4.69. The molecule has 0 spiro atoms. The molecule has 6 heterocycles. The number of aromatic nitrogens is 6. The van der Waals surface area contributed by atoms with Gasteiger partial charge in [-0.2, -0.15) is 0 Å². The smallest absolute Gasteiger partial charge is 0.151 e. The Hall–Kier alpha value is -4.83. The van der Waals surface area contributed by atoms with Crippen LogP contribution >= 0.6 is 47.8 Å². The van der Waals surface area contributed by atoms with Crippen LogP contribution in [0.25, 0.3) is 50.7 Å². The molecule has 0 aliphatic rings. The average Bonchev–Trinajstić information content (AvgIpc) is 3.95. The highest BCUT2D eigenvalue weighted by Crippen LogP contribution is 2.32. The van der Waals surface area contributed by atoms with E-state index in [1.165, 1.54) is 16.7 Å². The first kappa shape index (κ1) is 43.3. The van der Waals surface area contributed by atoms with Crippen LogP contribution in [-0.2, 0) is 16.2 Å². The molecule has 9 heteroatoms. The Morgan fingerprint density at radius 2 is 0.933 bits per heavy atom. The molecule has 3 aromatic carbocycles. The van der Waals surface area contributed by atoms with Crippen LogP contribution in [0.15, 0.2) is 160 Å². The Labute approximate surface area is 379 Å². The van der Waals surface area contributed by atoms with Gasteiger partial charge < -0.3 is 4.40 Å². The van der Waals surface area contributed by atoms with Crippen molar-refractivity contribution in [2.75, 3.05) is 0 Å². The second-order valence-electron chi connectivity index (χ2n) is 18.1. The Balaban J connectivity index is 0.000000136. The fraction of sp³-hybridized carbons (Fsp3) is 0.235. The van der Waals surface area contributed by atoms with Crippen LogP contribution < -0.4 is 0 Å². The summed E-state index contributed by atoms with van der Waals surface area (Å²) in [6.45, 7) is 20.0. The third-order valence-electron chi connectivity index (χ3n) is 10.5. The summed E-state index contributed by atoms with van der Waals surface area (Å²) in [5.41, 5.74) is 13.8. The predicted octanol–water partition coefficient (Wildman–Crippen LogP) is 15.2. The molecule has 0 aliphatic heterocycles. The third-order valence-corrected chi connectivity index (χ3v) is 12.5. The first-order valence-corrected chi connectivity index (χ1v) is 22.5. The molecule has 9 aromatic rings. The lowest BCUT2D eigenvalue weighted by molar-refractivity contribution is 0.590. The highest BCUT2D eigenvalue weighted by molar-refractivity contribution is 9.11. The van der Waals surface area contributed by atoms with Gasteiger partial charge >= 0.3 is 0 Å². The fourth-order valence-corrected chi connectivity index (χ4v) is 8.29. The van der Waals surface area contributed by atoms with E-state index >= 15 is 0 Å². The molecule has 6 aromatic heterocycles. The van der Waals surface area contributed by atoms with Crippen molar-refractivity contribution in [3.63, 3.8) is 0 Å². The van der Waals surface area contributed by atoms with Crippen LogP contribution in [0.3, 0.4) is 0 Å². The molecule has 0 N–H and O–H groups in total. The topological polar surface area (TPSA) is 51.9 Å². The molecule has 0 saturated carbocycles. The van der Waals surface area contributed by atoms with Gasteiger partial charge in [0.15, 0.2) is 5.65 Å². The molecule has 9 rings (SSSR count). The van der Waals surface area contributed by atoms with Crippen molar-refractivity contribution in [1.29, 1.82) is 0 Å². The van der Waals surface area contributed by atoms with E-state index in [0.717, 1.165) is 64.4 Å². The van der Waals surface area contributed by atoms with E-state index in [1.807, 2.05) is 74.1 Å². The fourth-order valence-electron chi connectivity index (χ4n) is 6.79. The number of rotatable bonds is 3. The van der Waals surface area contributed by atoms with Crippen molar-refractivity contribution in [2.24, 2.45) is 0 Å². The zero-order chi connectivity index (χ0) is 43.0. The summed E-state index contributed by atoms with van der Waals surface area (Å²) in [5, 5.41) is 0. The van der Waals surface area contributed by atoms with E-state index in [-0.39, 0.29) is 16.2 Å². The second-order valence-corrected chi connectivity index (χ2v) is 20.5. The van der Waals surface area contributed by atoms with Gasteiger partial charge in [0.2, 0.25) is 0 Å². The molecule has 0 aliphatic carbocycles. The quantitative estimate of drug-likeness (QED) is 0.166. The summed E-state index contributed by atoms with van der Waals surface area (Å²) in [7, 11) is 0. The first-order chi connectivity index (χ1) is 28.4. The standard InChI is InChI=1S/3C17H17BrN2/c1-17(2,3)13-8-6-12(7-9-13)15-11-20-10-4-5-14(18)16(20)19-15;1-17(2,3)13-9-7-12(8-10-13)14-11-20-15(18)5-4-6-16(20)19-14;1-17(2,3)13-9-7-12(8-10-13)15-16(18)20-11-5-4-6-14(20)19-15/h3*4-11H,1-3H3. The number of nitrogens with zero attached hydrogens (tertiary/aromatic N) is 6. The summed E-state index contributed by atoms with van der Waals surface area (Å²) in [4.78, 5) is 14.0. The predicted molar refractivity (Wildman–Crippen MR) is 261 cm³/mol. The van der Waals surface area contributed by atoms with E-state index in [0.29, 0.717) is 0 Å². The Morgan fingerprint density at radius 3 is 1.43 bits per heavy atom. The minimum Gasteiger partial charge on any atom is -0.306 e. The molecule has 6 nitrogen and oxygen atoms in total. The molecular weight excluding hydrogens is 936 g/mol. The Morgan fingerprint density at radius 1 is 0.433 bits per heavy atom. The van der Waals surface area contributed by atoms with Gasteiger partial charge in [-0.3, -0.25) is 8.80 Å². The molecule has 0 saturated heterocycles. The molecule has 306 valence electrons. The highest BCUT2D eigenvalue weighted by Gasteiger charge is 2.17. The van der Waals surface area contributed by atoms with Crippen LogP contribution in [-0.4, -0.2) is 28.2 Å². The van der Waals surface area contributed by atoms with Crippen LogP contribution in [0.2, 0.25) is 0 Å². The SMILES string of the molecule is CC(C)(C)c1ccc(-c2cn3c(Br)cccc3n2)cc1.CC(C)(C)c1ccc(-c2cn3cccc(Br)c3n2)cc1.CC(C)(C)c1ccc(-c2nc3ccccn3c2Br)cc1. The number of pyridine rings is 3. The van der Waals surface area contributed by atoms with Crippen LogP contribution in [0.1, 0.15) is 79.0 Å². The van der Waals surface area contributed by atoms with Crippen molar-refractivity contribution in [2.45, 2.75) is 78.6 Å².